The van der Waals surface area contributed by atoms with E-state index >= 15 is 0 Å². The first kappa shape index (κ1) is 18.4. The number of aromatic nitrogens is 3. The molecule has 7 heteroatoms. The van der Waals surface area contributed by atoms with Crippen LogP contribution in [0.4, 0.5) is 4.79 Å². The summed E-state index contributed by atoms with van der Waals surface area (Å²) in [7, 11) is 1.66. The number of piperidine rings is 1. The molecule has 0 radical (unpaired) electrons. The van der Waals surface area contributed by atoms with Crippen LogP contribution in [0, 0.1) is 0 Å². The Kier molecular flexibility index (Phi) is 5.50. The van der Waals surface area contributed by atoms with Crippen LogP contribution < -0.4 is 10.1 Å². The lowest BCUT2D eigenvalue weighted by Crippen LogP contribution is -2.48. The van der Waals surface area contributed by atoms with Crippen LogP contribution in [0.15, 0.2) is 43.0 Å². The van der Waals surface area contributed by atoms with Crippen molar-refractivity contribution in [2.45, 2.75) is 44.8 Å². The fraction of sp³-hybridized carbons (Fsp3) is 0.429. The van der Waals surface area contributed by atoms with Gasteiger partial charge in [-0.3, -0.25) is 0 Å². The minimum absolute atomic E-state index is 0.0200. The molecule has 2 N–H and O–H groups in total. The summed E-state index contributed by atoms with van der Waals surface area (Å²) in [6, 6.07) is 8.28. The molecule has 1 atom stereocenters. The molecular formula is C21H27N5O2. The molecule has 1 aliphatic rings. The van der Waals surface area contributed by atoms with E-state index in [0.717, 1.165) is 54.7 Å². The minimum Gasteiger partial charge on any atom is -0.497 e. The molecule has 0 spiro atoms. The van der Waals surface area contributed by atoms with Gasteiger partial charge in [-0.05, 0) is 49.9 Å². The lowest BCUT2D eigenvalue weighted by molar-refractivity contribution is 0.143. The van der Waals surface area contributed by atoms with Crippen molar-refractivity contribution < 1.29 is 9.53 Å². The molecule has 0 aliphatic carbocycles. The molecule has 0 unspecified atom stereocenters. The third-order valence-corrected chi connectivity index (χ3v) is 5.48. The molecule has 3 heterocycles. The molecule has 2 aromatic heterocycles. The van der Waals surface area contributed by atoms with Crippen LogP contribution in [0.1, 0.15) is 31.4 Å². The molecular weight excluding hydrogens is 354 g/mol. The number of urea groups is 1. The average molecular weight is 381 g/mol. The predicted molar refractivity (Wildman–Crippen MR) is 108 cm³/mol. The number of imidazole rings is 1. The number of amides is 2. The summed E-state index contributed by atoms with van der Waals surface area (Å²) >= 11 is 0. The number of H-pyrrole nitrogens is 1. The number of nitrogens with zero attached hydrogens (tertiary/aromatic N) is 3. The number of ether oxygens (including phenoxy) is 1. The van der Waals surface area contributed by atoms with Crippen LogP contribution in [-0.2, 0) is 13.1 Å². The molecule has 1 saturated heterocycles. The zero-order valence-corrected chi connectivity index (χ0v) is 16.2. The molecule has 3 aromatic rings. The Morgan fingerprint density at radius 1 is 1.36 bits per heavy atom. The van der Waals surface area contributed by atoms with Crippen molar-refractivity contribution in [3.8, 4) is 5.75 Å². The van der Waals surface area contributed by atoms with Gasteiger partial charge in [-0.25, -0.2) is 9.78 Å². The summed E-state index contributed by atoms with van der Waals surface area (Å²) in [6.45, 7) is 2.20. The van der Waals surface area contributed by atoms with E-state index in [-0.39, 0.29) is 12.1 Å². The van der Waals surface area contributed by atoms with Crippen molar-refractivity contribution in [3.05, 3.63) is 48.7 Å². The molecule has 1 fully saturated rings. The van der Waals surface area contributed by atoms with Crippen molar-refractivity contribution in [1.29, 1.82) is 0 Å². The Balaban J connectivity index is 1.36. The second kappa shape index (κ2) is 8.37. The molecule has 4 rings (SSSR count). The lowest BCUT2D eigenvalue weighted by Gasteiger charge is -2.35. The van der Waals surface area contributed by atoms with E-state index < -0.39 is 0 Å². The van der Waals surface area contributed by atoms with Gasteiger partial charge in [0, 0.05) is 48.1 Å². The number of rotatable bonds is 6. The SMILES string of the molecule is COc1ccc2[nH]c(CNC(=O)N3CCCC[C@H]3CCn3ccnc3)cc2c1. The van der Waals surface area contributed by atoms with Crippen molar-refractivity contribution in [2.75, 3.05) is 13.7 Å². The molecule has 7 nitrogen and oxygen atoms in total. The van der Waals surface area contributed by atoms with E-state index in [1.54, 1.807) is 13.3 Å². The maximum Gasteiger partial charge on any atom is 0.317 e. The highest BCUT2D eigenvalue weighted by atomic mass is 16.5. The number of carbonyl (C=O) groups is 1. The van der Waals surface area contributed by atoms with Gasteiger partial charge in [0.05, 0.1) is 20.0 Å². The Morgan fingerprint density at radius 3 is 3.11 bits per heavy atom. The first-order valence-electron chi connectivity index (χ1n) is 9.89. The van der Waals surface area contributed by atoms with Gasteiger partial charge in [0.1, 0.15) is 5.75 Å². The number of aromatic amines is 1. The Labute approximate surface area is 164 Å². The number of hydrogen-bond donors (Lipinski definition) is 2. The summed E-state index contributed by atoms with van der Waals surface area (Å²) in [5.41, 5.74) is 2.03. The van der Waals surface area contributed by atoms with Gasteiger partial charge in [0.2, 0.25) is 0 Å². The molecule has 2 amide bonds. The number of methoxy groups -OCH3 is 1. The Hall–Kier alpha value is -2.96. The number of likely N-dealkylation sites (tertiary alicyclic amines) is 1. The average Bonchev–Trinajstić information content (AvgIpc) is 3.39. The Morgan fingerprint density at radius 2 is 2.29 bits per heavy atom. The van der Waals surface area contributed by atoms with Gasteiger partial charge in [-0.15, -0.1) is 0 Å². The lowest BCUT2D eigenvalue weighted by atomic mass is 10.00. The molecule has 148 valence electrons. The third kappa shape index (κ3) is 4.13. The number of hydrogen-bond acceptors (Lipinski definition) is 3. The van der Waals surface area contributed by atoms with Crippen LogP contribution in [-0.4, -0.2) is 45.2 Å². The van der Waals surface area contributed by atoms with Gasteiger partial charge in [-0.2, -0.15) is 0 Å². The number of nitrogens with one attached hydrogen (secondary N) is 2. The number of carbonyl (C=O) groups excluding carboxylic acids is 1. The van der Waals surface area contributed by atoms with Gasteiger partial charge < -0.3 is 24.5 Å². The summed E-state index contributed by atoms with van der Waals surface area (Å²) < 4.78 is 7.35. The Bertz CT molecular complexity index is 918. The molecule has 1 aromatic carbocycles. The van der Waals surface area contributed by atoms with Crippen molar-refractivity contribution in [1.82, 2.24) is 24.8 Å². The van der Waals surface area contributed by atoms with Crippen LogP contribution >= 0.6 is 0 Å². The fourth-order valence-electron chi connectivity index (χ4n) is 3.95. The first-order valence-corrected chi connectivity index (χ1v) is 9.89. The van der Waals surface area contributed by atoms with E-state index in [2.05, 4.69) is 25.9 Å². The largest absolute Gasteiger partial charge is 0.497 e. The fourth-order valence-corrected chi connectivity index (χ4v) is 3.95. The number of benzene rings is 1. The van der Waals surface area contributed by atoms with Gasteiger partial charge in [-0.1, -0.05) is 0 Å². The number of aryl methyl sites for hydroxylation is 1. The van der Waals surface area contributed by atoms with E-state index in [1.165, 1.54) is 6.42 Å². The summed E-state index contributed by atoms with van der Waals surface area (Å²) in [5.74, 6) is 0.830. The smallest absolute Gasteiger partial charge is 0.317 e. The maximum absolute atomic E-state index is 12.8. The van der Waals surface area contributed by atoms with E-state index in [0.29, 0.717) is 6.54 Å². The van der Waals surface area contributed by atoms with Crippen LogP contribution in [0.5, 0.6) is 5.75 Å². The van der Waals surface area contributed by atoms with Crippen molar-refractivity contribution in [3.63, 3.8) is 0 Å². The van der Waals surface area contributed by atoms with Crippen LogP contribution in [0.2, 0.25) is 0 Å². The predicted octanol–water partition coefficient (Wildman–Crippen LogP) is 3.53. The summed E-state index contributed by atoms with van der Waals surface area (Å²) in [4.78, 5) is 22.3. The van der Waals surface area contributed by atoms with Crippen LogP contribution in [0.25, 0.3) is 10.9 Å². The van der Waals surface area contributed by atoms with Gasteiger partial charge >= 0.3 is 6.03 Å². The van der Waals surface area contributed by atoms with Crippen molar-refractivity contribution in [2.24, 2.45) is 0 Å². The third-order valence-electron chi connectivity index (χ3n) is 5.48. The van der Waals surface area contributed by atoms with Gasteiger partial charge in [0.15, 0.2) is 0 Å². The topological polar surface area (TPSA) is 75.2 Å². The zero-order valence-electron chi connectivity index (χ0n) is 16.2. The summed E-state index contributed by atoms with van der Waals surface area (Å²) in [5, 5.41) is 4.17. The second-order valence-corrected chi connectivity index (χ2v) is 7.34. The minimum atomic E-state index is 0.0200. The van der Waals surface area contributed by atoms with E-state index in [1.807, 2.05) is 35.6 Å². The highest BCUT2D eigenvalue weighted by molar-refractivity contribution is 5.82. The standard InChI is InChI=1S/C21H27N5O2/c1-28-19-5-6-20-16(13-19)12-17(24-20)14-23-21(27)26-9-3-2-4-18(26)7-10-25-11-8-22-15-25/h5-6,8,11-13,15,18,24H,2-4,7,9-10,14H2,1H3,(H,23,27)/t18-/m0/s1. The molecule has 1 aliphatic heterocycles. The van der Waals surface area contributed by atoms with Gasteiger partial charge in [0.25, 0.3) is 0 Å². The van der Waals surface area contributed by atoms with Crippen LogP contribution in [0.3, 0.4) is 0 Å². The monoisotopic (exact) mass is 381 g/mol. The molecule has 0 saturated carbocycles. The number of fused-ring (bicyclic) bond motifs is 1. The normalized spacial score (nSPS) is 17.0. The van der Waals surface area contributed by atoms with Crippen molar-refractivity contribution >= 4 is 16.9 Å². The van der Waals surface area contributed by atoms with E-state index in [4.69, 9.17) is 4.74 Å². The zero-order chi connectivity index (χ0) is 19.3. The quantitative estimate of drug-likeness (QED) is 0.686. The molecule has 0 bridgehead atoms. The highest BCUT2D eigenvalue weighted by Gasteiger charge is 2.26. The summed E-state index contributed by atoms with van der Waals surface area (Å²) in [6.07, 6.45) is 9.87. The van der Waals surface area contributed by atoms with E-state index in [9.17, 15) is 4.79 Å². The second-order valence-electron chi connectivity index (χ2n) is 7.34. The molecule has 28 heavy (non-hydrogen) atoms. The maximum atomic E-state index is 12.8. The highest BCUT2D eigenvalue weighted by Crippen LogP contribution is 2.22. The first-order chi connectivity index (χ1) is 13.7.